The van der Waals surface area contributed by atoms with Crippen molar-refractivity contribution in [3.63, 3.8) is 0 Å². The molecule has 2 heterocycles. The van der Waals surface area contributed by atoms with Gasteiger partial charge in [-0.2, -0.15) is 0 Å². The average molecular weight is 174 g/mol. The first-order chi connectivity index (χ1) is 5.75. The maximum Gasteiger partial charge on any atom is 0.123 e. The van der Waals surface area contributed by atoms with Gasteiger partial charge < -0.3 is 11.5 Å². The number of hydrogen-bond donors (Lipinski definition) is 8. The van der Waals surface area contributed by atoms with Crippen LogP contribution in [-0.4, -0.2) is 24.9 Å². The van der Waals surface area contributed by atoms with Crippen LogP contribution in [0, 0.1) is 0 Å². The van der Waals surface area contributed by atoms with E-state index in [1.807, 2.05) is 0 Å². The molecule has 2 aliphatic rings. The normalized spacial score (nSPS) is 48.5. The third-order valence-electron chi connectivity index (χ3n) is 1.84. The Balaban J connectivity index is 1.85. The largest absolute Gasteiger partial charge is 0.303 e. The van der Waals surface area contributed by atoms with Crippen LogP contribution in [0.3, 0.4) is 0 Å². The zero-order valence-corrected chi connectivity index (χ0v) is 6.46. The second-order valence-corrected chi connectivity index (χ2v) is 2.82. The summed E-state index contributed by atoms with van der Waals surface area (Å²) in [5.74, 6) is 0. The Morgan fingerprint density at radius 3 is 1.33 bits per heavy atom. The van der Waals surface area contributed by atoms with Crippen LogP contribution >= 0.6 is 0 Å². The highest BCUT2D eigenvalue weighted by Crippen LogP contribution is 1.93. The predicted octanol–water partition coefficient (Wildman–Crippen LogP) is -4.48. The smallest absolute Gasteiger partial charge is 0.123 e. The summed E-state index contributed by atoms with van der Waals surface area (Å²) in [6.45, 7) is 0. The van der Waals surface area contributed by atoms with Crippen molar-refractivity contribution in [1.82, 2.24) is 32.3 Å². The van der Waals surface area contributed by atoms with Gasteiger partial charge in [0.15, 0.2) is 0 Å². The first-order valence-corrected chi connectivity index (χ1v) is 3.81. The van der Waals surface area contributed by atoms with E-state index in [1.165, 1.54) is 0 Å². The highest BCUT2D eigenvalue weighted by molar-refractivity contribution is 4.86. The molecule has 0 saturated carbocycles. The zero-order valence-electron chi connectivity index (χ0n) is 6.46. The van der Waals surface area contributed by atoms with Crippen molar-refractivity contribution < 1.29 is 0 Å². The lowest BCUT2D eigenvalue weighted by Crippen LogP contribution is -2.55. The average Bonchev–Trinajstić information content (AvgIpc) is 2.58. The van der Waals surface area contributed by atoms with Gasteiger partial charge in [-0.05, 0) is 0 Å². The predicted molar refractivity (Wildman–Crippen MR) is 42.3 cm³/mol. The summed E-state index contributed by atoms with van der Waals surface area (Å²) in [7, 11) is 0. The molecule has 8 nitrogen and oxygen atoms in total. The minimum absolute atomic E-state index is 0.0149. The molecule has 0 aromatic rings. The van der Waals surface area contributed by atoms with Crippen LogP contribution in [0.4, 0.5) is 0 Å². The molecule has 0 aromatic heterocycles. The van der Waals surface area contributed by atoms with Gasteiger partial charge in [0.25, 0.3) is 0 Å². The molecule has 8 heteroatoms. The van der Waals surface area contributed by atoms with Crippen molar-refractivity contribution in [2.75, 3.05) is 0 Å². The minimum Gasteiger partial charge on any atom is -0.303 e. The Bertz CT molecular complexity index is 143. The Kier molecular flexibility index (Phi) is 2.21. The molecule has 4 atom stereocenters. The number of nitrogens with two attached hydrogens (primary N) is 2. The van der Waals surface area contributed by atoms with Crippen molar-refractivity contribution in [2.45, 2.75) is 24.9 Å². The van der Waals surface area contributed by atoms with Gasteiger partial charge in [-0.15, -0.1) is 0 Å². The first kappa shape index (κ1) is 8.29. The monoisotopic (exact) mass is 174 g/mol. The van der Waals surface area contributed by atoms with Crippen LogP contribution in [-0.2, 0) is 0 Å². The van der Waals surface area contributed by atoms with Gasteiger partial charge in [-0.3, -0.25) is 10.6 Å². The summed E-state index contributed by atoms with van der Waals surface area (Å²) in [4.78, 5) is 0. The Labute approximate surface area is 69.7 Å². The lowest BCUT2D eigenvalue weighted by molar-refractivity contribution is 0.361. The van der Waals surface area contributed by atoms with Crippen LogP contribution in [0.5, 0.6) is 0 Å². The quantitative estimate of drug-likeness (QED) is 0.200. The molecular formula is C4H14N8. The van der Waals surface area contributed by atoms with Crippen LogP contribution in [0.2, 0.25) is 0 Å². The van der Waals surface area contributed by atoms with Gasteiger partial charge in [0.05, 0.1) is 0 Å². The summed E-state index contributed by atoms with van der Waals surface area (Å²) in [6, 6.07) is 0. The number of nitrogens with one attached hydrogen (secondary N) is 6. The molecule has 4 unspecified atom stereocenters. The highest BCUT2D eigenvalue weighted by Gasteiger charge is 2.31. The van der Waals surface area contributed by atoms with Gasteiger partial charge in [0, 0.05) is 0 Å². The molecule has 0 aliphatic carbocycles. The Morgan fingerprint density at radius 2 is 1.08 bits per heavy atom. The van der Waals surface area contributed by atoms with Crippen LogP contribution in [0.15, 0.2) is 0 Å². The molecular weight excluding hydrogens is 160 g/mol. The summed E-state index contributed by atoms with van der Waals surface area (Å²) in [5.41, 5.74) is 22.7. The third kappa shape index (κ3) is 1.55. The first-order valence-electron chi connectivity index (χ1n) is 3.81. The Morgan fingerprint density at radius 1 is 0.667 bits per heavy atom. The van der Waals surface area contributed by atoms with Crippen molar-refractivity contribution in [3.8, 4) is 0 Å². The van der Waals surface area contributed by atoms with Gasteiger partial charge >= 0.3 is 0 Å². The van der Waals surface area contributed by atoms with E-state index < -0.39 is 0 Å². The van der Waals surface area contributed by atoms with Crippen molar-refractivity contribution in [3.05, 3.63) is 0 Å². The van der Waals surface area contributed by atoms with E-state index in [2.05, 4.69) is 32.3 Å². The second kappa shape index (κ2) is 3.20. The molecule has 2 saturated heterocycles. The van der Waals surface area contributed by atoms with Crippen molar-refractivity contribution in [1.29, 1.82) is 0 Å². The van der Waals surface area contributed by atoms with Gasteiger partial charge in [0.2, 0.25) is 0 Å². The van der Waals surface area contributed by atoms with Crippen molar-refractivity contribution >= 4 is 0 Å². The molecule has 0 bridgehead atoms. The fourth-order valence-corrected chi connectivity index (χ4v) is 1.27. The number of hydrazine groups is 2. The maximum absolute atomic E-state index is 5.54. The van der Waals surface area contributed by atoms with E-state index in [9.17, 15) is 0 Å². The molecule has 10 N–H and O–H groups in total. The van der Waals surface area contributed by atoms with Crippen molar-refractivity contribution in [2.24, 2.45) is 11.5 Å². The van der Waals surface area contributed by atoms with Crippen LogP contribution in [0.1, 0.15) is 0 Å². The standard InChI is InChI=1S/C4H14N8/c5-3-7-1(9-11-3)2-8-4(6)12-10-2/h1-4,7-12H,5-6H2. The highest BCUT2D eigenvalue weighted by atomic mass is 15.6. The van der Waals surface area contributed by atoms with Gasteiger partial charge in [-0.25, -0.2) is 21.7 Å². The van der Waals surface area contributed by atoms with E-state index >= 15 is 0 Å². The summed E-state index contributed by atoms with van der Waals surface area (Å²) < 4.78 is 0. The third-order valence-corrected chi connectivity index (χ3v) is 1.84. The second-order valence-electron chi connectivity index (χ2n) is 2.82. The van der Waals surface area contributed by atoms with Crippen LogP contribution < -0.4 is 43.8 Å². The van der Waals surface area contributed by atoms with E-state index in [0.717, 1.165) is 0 Å². The molecule has 70 valence electrons. The molecule has 2 aliphatic heterocycles. The summed E-state index contributed by atoms with van der Waals surface area (Å²) in [6.07, 6.45) is -0.423. The van der Waals surface area contributed by atoms with E-state index in [0.29, 0.717) is 0 Å². The van der Waals surface area contributed by atoms with E-state index in [1.54, 1.807) is 0 Å². The summed E-state index contributed by atoms with van der Waals surface area (Å²) >= 11 is 0. The van der Waals surface area contributed by atoms with E-state index in [-0.39, 0.29) is 24.9 Å². The number of rotatable bonds is 1. The molecule has 0 radical (unpaired) electrons. The number of hydrogen-bond acceptors (Lipinski definition) is 8. The molecule has 0 aromatic carbocycles. The van der Waals surface area contributed by atoms with Crippen LogP contribution in [0.25, 0.3) is 0 Å². The molecule has 0 spiro atoms. The maximum atomic E-state index is 5.54. The SMILES string of the molecule is NC1NNC(C2NNC(N)N2)N1. The lowest BCUT2D eigenvalue weighted by atomic mass is 10.4. The molecule has 0 amide bonds. The molecule has 2 rings (SSSR count). The summed E-state index contributed by atoms with van der Waals surface area (Å²) in [5, 5.41) is 6.10. The zero-order chi connectivity index (χ0) is 8.55. The topological polar surface area (TPSA) is 124 Å². The van der Waals surface area contributed by atoms with Gasteiger partial charge in [0.1, 0.15) is 24.9 Å². The lowest BCUT2D eigenvalue weighted by Gasteiger charge is -2.17. The fraction of sp³-hybridized carbons (Fsp3) is 1.00. The van der Waals surface area contributed by atoms with E-state index in [4.69, 9.17) is 11.5 Å². The fourth-order valence-electron chi connectivity index (χ4n) is 1.27. The Hall–Kier alpha value is -0.320. The minimum atomic E-state index is -0.226. The molecule has 12 heavy (non-hydrogen) atoms. The molecule has 2 fully saturated rings. The van der Waals surface area contributed by atoms with Gasteiger partial charge in [-0.1, -0.05) is 0 Å².